The van der Waals surface area contributed by atoms with Crippen molar-refractivity contribution >= 4 is 17.6 Å². The van der Waals surface area contributed by atoms with Crippen LogP contribution in [0.25, 0.3) is 11.1 Å². The molecule has 124 valence electrons. The molecule has 0 bridgehead atoms. The summed E-state index contributed by atoms with van der Waals surface area (Å²) < 4.78 is 0. The molecule has 3 rings (SSSR count). The van der Waals surface area contributed by atoms with Gasteiger partial charge < -0.3 is 15.1 Å². The molecule has 0 aliphatic carbocycles. The van der Waals surface area contributed by atoms with Crippen LogP contribution in [-0.4, -0.2) is 34.2 Å². The quantitative estimate of drug-likeness (QED) is 0.909. The molecule has 1 amide bonds. The second-order valence-corrected chi connectivity index (χ2v) is 6.49. The van der Waals surface area contributed by atoms with E-state index in [0.717, 1.165) is 28.8 Å². The van der Waals surface area contributed by atoms with Gasteiger partial charge in [-0.25, -0.2) is 4.79 Å². The van der Waals surface area contributed by atoms with Crippen LogP contribution in [0, 0.1) is 0 Å². The van der Waals surface area contributed by atoms with E-state index in [1.165, 1.54) is 13.8 Å². The predicted molar refractivity (Wildman–Crippen MR) is 91.2 cm³/mol. The molecule has 5 heteroatoms. The summed E-state index contributed by atoms with van der Waals surface area (Å²) in [6.45, 7) is 3.54. The molecule has 2 aromatic rings. The average Bonchev–Trinajstić information content (AvgIpc) is 2.96. The first-order chi connectivity index (χ1) is 11.3. The lowest BCUT2D eigenvalue weighted by Gasteiger charge is -2.25. The van der Waals surface area contributed by atoms with Gasteiger partial charge in [0.15, 0.2) is 0 Å². The normalized spacial score (nSPS) is 13.7. The van der Waals surface area contributed by atoms with Crippen LogP contribution in [0.2, 0.25) is 0 Å². The highest BCUT2D eigenvalue weighted by atomic mass is 16.4. The molecule has 0 saturated carbocycles. The van der Waals surface area contributed by atoms with Crippen LogP contribution in [0.4, 0.5) is 5.69 Å². The minimum atomic E-state index is -1.40. The SMILES string of the molecule is CC(C)(O)C(=O)N1CCc2cc(-c3ccc(C(=O)O)cc3)ccc21. The minimum absolute atomic E-state index is 0.252. The van der Waals surface area contributed by atoms with E-state index in [9.17, 15) is 14.7 Å². The van der Waals surface area contributed by atoms with E-state index in [1.54, 1.807) is 29.2 Å². The maximum absolute atomic E-state index is 12.3. The molecule has 0 spiro atoms. The Kier molecular flexibility index (Phi) is 3.89. The summed E-state index contributed by atoms with van der Waals surface area (Å²) in [4.78, 5) is 24.8. The number of hydrogen-bond donors (Lipinski definition) is 2. The van der Waals surface area contributed by atoms with E-state index in [4.69, 9.17) is 5.11 Å². The van der Waals surface area contributed by atoms with Crippen LogP contribution < -0.4 is 4.90 Å². The van der Waals surface area contributed by atoms with E-state index >= 15 is 0 Å². The van der Waals surface area contributed by atoms with Crippen molar-refractivity contribution in [3.63, 3.8) is 0 Å². The van der Waals surface area contributed by atoms with E-state index in [2.05, 4.69) is 0 Å². The number of fused-ring (bicyclic) bond motifs is 1. The third-order valence-corrected chi connectivity index (χ3v) is 4.21. The van der Waals surface area contributed by atoms with E-state index in [0.29, 0.717) is 6.54 Å². The molecule has 1 aliphatic rings. The van der Waals surface area contributed by atoms with E-state index in [-0.39, 0.29) is 11.5 Å². The molecule has 0 radical (unpaired) electrons. The molecule has 1 aliphatic heterocycles. The van der Waals surface area contributed by atoms with Crippen molar-refractivity contribution in [2.75, 3.05) is 11.4 Å². The molecule has 24 heavy (non-hydrogen) atoms. The number of carbonyl (C=O) groups excluding carboxylic acids is 1. The number of rotatable bonds is 3. The Bertz CT molecular complexity index is 803. The third kappa shape index (κ3) is 2.90. The summed E-state index contributed by atoms with van der Waals surface area (Å²) in [7, 11) is 0. The fraction of sp³-hybridized carbons (Fsp3) is 0.263. The Hall–Kier alpha value is -2.66. The number of aromatic carboxylic acids is 1. The Balaban J connectivity index is 1.90. The van der Waals surface area contributed by atoms with Crippen LogP contribution in [0.1, 0.15) is 29.8 Å². The smallest absolute Gasteiger partial charge is 0.335 e. The fourth-order valence-corrected chi connectivity index (χ4v) is 2.93. The van der Waals surface area contributed by atoms with Gasteiger partial charge in [-0.15, -0.1) is 0 Å². The molecule has 0 atom stereocenters. The Morgan fingerprint density at radius 3 is 2.25 bits per heavy atom. The molecular weight excluding hydrogens is 306 g/mol. The summed E-state index contributed by atoms with van der Waals surface area (Å²) in [6, 6.07) is 12.5. The van der Waals surface area contributed by atoms with Gasteiger partial charge in [0.2, 0.25) is 0 Å². The number of carboxylic acids is 1. The Morgan fingerprint density at radius 2 is 1.67 bits per heavy atom. The van der Waals surface area contributed by atoms with E-state index in [1.807, 2.05) is 18.2 Å². The molecule has 1 heterocycles. The number of carbonyl (C=O) groups is 2. The van der Waals surface area contributed by atoms with Gasteiger partial charge in [0.05, 0.1) is 5.56 Å². The molecule has 0 aromatic heterocycles. The van der Waals surface area contributed by atoms with Crippen molar-refractivity contribution in [3.05, 3.63) is 53.6 Å². The van der Waals surface area contributed by atoms with Crippen molar-refractivity contribution in [2.24, 2.45) is 0 Å². The fourth-order valence-electron chi connectivity index (χ4n) is 2.93. The lowest BCUT2D eigenvalue weighted by Crippen LogP contribution is -2.44. The molecule has 2 N–H and O–H groups in total. The van der Waals surface area contributed by atoms with Crippen molar-refractivity contribution in [3.8, 4) is 11.1 Å². The molecular formula is C19H19NO4. The zero-order valence-electron chi connectivity index (χ0n) is 13.6. The van der Waals surface area contributed by atoms with E-state index < -0.39 is 11.6 Å². The largest absolute Gasteiger partial charge is 0.478 e. The summed E-state index contributed by atoms with van der Waals surface area (Å²) in [6.07, 6.45) is 0.734. The van der Waals surface area contributed by atoms with Crippen molar-refractivity contribution in [2.45, 2.75) is 25.9 Å². The van der Waals surface area contributed by atoms with Crippen LogP contribution in [0.3, 0.4) is 0 Å². The topological polar surface area (TPSA) is 77.8 Å². The van der Waals surface area contributed by atoms with Gasteiger partial charge >= 0.3 is 5.97 Å². The lowest BCUT2D eigenvalue weighted by molar-refractivity contribution is -0.133. The van der Waals surface area contributed by atoms with Gasteiger partial charge in [-0.3, -0.25) is 4.79 Å². The Morgan fingerprint density at radius 1 is 1.04 bits per heavy atom. The number of nitrogens with zero attached hydrogens (tertiary/aromatic N) is 1. The molecule has 5 nitrogen and oxygen atoms in total. The van der Waals surface area contributed by atoms with Crippen LogP contribution in [0.5, 0.6) is 0 Å². The highest BCUT2D eigenvalue weighted by molar-refractivity contribution is 6.00. The van der Waals surface area contributed by atoms with Gasteiger partial charge in [0, 0.05) is 12.2 Å². The number of benzene rings is 2. The number of hydrogen-bond acceptors (Lipinski definition) is 3. The van der Waals surface area contributed by atoms with Crippen LogP contribution in [-0.2, 0) is 11.2 Å². The summed E-state index contributed by atoms with van der Waals surface area (Å²) >= 11 is 0. The van der Waals surface area contributed by atoms with Crippen molar-refractivity contribution in [1.82, 2.24) is 0 Å². The summed E-state index contributed by atoms with van der Waals surface area (Å²) in [5, 5.41) is 18.9. The van der Waals surface area contributed by atoms with Gasteiger partial charge in [0.1, 0.15) is 5.60 Å². The number of aliphatic hydroxyl groups is 1. The van der Waals surface area contributed by atoms with Crippen LogP contribution >= 0.6 is 0 Å². The van der Waals surface area contributed by atoms with Gasteiger partial charge in [0.25, 0.3) is 5.91 Å². The van der Waals surface area contributed by atoms with Crippen molar-refractivity contribution < 1.29 is 19.8 Å². The first-order valence-corrected chi connectivity index (χ1v) is 7.78. The van der Waals surface area contributed by atoms with Crippen LogP contribution in [0.15, 0.2) is 42.5 Å². The first-order valence-electron chi connectivity index (χ1n) is 7.78. The second kappa shape index (κ2) is 5.76. The summed E-state index contributed by atoms with van der Waals surface area (Å²) in [5.41, 5.74) is 2.63. The standard InChI is InChI=1S/C19H19NO4/c1-19(2,24)18(23)20-10-9-15-11-14(7-8-16(15)20)12-3-5-13(6-4-12)17(21)22/h3-8,11,24H,9-10H2,1-2H3,(H,21,22). The molecule has 0 saturated heterocycles. The maximum atomic E-state index is 12.3. The summed E-state index contributed by atoms with van der Waals surface area (Å²) in [5.74, 6) is -1.25. The number of anilines is 1. The highest BCUT2D eigenvalue weighted by Crippen LogP contribution is 2.33. The monoisotopic (exact) mass is 325 g/mol. The predicted octanol–water partition coefficient (Wildman–Crippen LogP) is 2.71. The highest BCUT2D eigenvalue weighted by Gasteiger charge is 2.33. The zero-order chi connectivity index (χ0) is 17.5. The van der Waals surface area contributed by atoms with Gasteiger partial charge in [-0.1, -0.05) is 18.2 Å². The molecule has 0 fully saturated rings. The second-order valence-electron chi connectivity index (χ2n) is 6.49. The Labute approximate surface area is 140 Å². The minimum Gasteiger partial charge on any atom is -0.478 e. The molecule has 2 aromatic carbocycles. The zero-order valence-corrected chi connectivity index (χ0v) is 13.6. The third-order valence-electron chi connectivity index (χ3n) is 4.21. The molecule has 0 unspecified atom stereocenters. The number of amides is 1. The lowest BCUT2D eigenvalue weighted by atomic mass is 10.0. The maximum Gasteiger partial charge on any atom is 0.335 e. The van der Waals surface area contributed by atoms with Crippen molar-refractivity contribution in [1.29, 1.82) is 0 Å². The van der Waals surface area contributed by atoms with Gasteiger partial charge in [-0.2, -0.15) is 0 Å². The number of carboxylic acid groups (broad SMARTS) is 1. The van der Waals surface area contributed by atoms with Gasteiger partial charge in [-0.05, 0) is 61.2 Å². The first kappa shape index (κ1) is 16.2. The average molecular weight is 325 g/mol.